The van der Waals surface area contributed by atoms with Crippen LogP contribution in [0.4, 0.5) is 0 Å². The van der Waals surface area contributed by atoms with E-state index in [1.807, 2.05) is 30.3 Å². The number of phenolic OH excluding ortho intramolecular Hbond substituents is 1. The monoisotopic (exact) mass is 505 g/mol. The van der Waals surface area contributed by atoms with Gasteiger partial charge in [0.1, 0.15) is 37.7 Å². The van der Waals surface area contributed by atoms with Crippen LogP contribution in [0, 0.1) is 0 Å². The van der Waals surface area contributed by atoms with Crippen LogP contribution in [-0.2, 0) is 14.8 Å². The lowest BCUT2D eigenvalue weighted by Gasteiger charge is -2.26. The largest absolute Gasteiger partial charge is 1.00 e. The molecule has 0 spiro atoms. The van der Waals surface area contributed by atoms with Crippen molar-refractivity contribution in [3.63, 3.8) is 0 Å². The van der Waals surface area contributed by atoms with Crippen molar-refractivity contribution in [3.8, 4) is 5.75 Å². The van der Waals surface area contributed by atoms with E-state index in [4.69, 9.17) is 4.74 Å². The van der Waals surface area contributed by atoms with Gasteiger partial charge in [-0.2, -0.15) is 4.31 Å². The molecule has 2 aromatic rings. The lowest BCUT2D eigenvalue weighted by molar-refractivity contribution is -0.919. The number of rotatable bonds is 8. The van der Waals surface area contributed by atoms with Crippen molar-refractivity contribution in [2.24, 2.45) is 0 Å². The third-order valence-corrected chi connectivity index (χ3v) is 8.23. The van der Waals surface area contributed by atoms with Crippen LogP contribution in [0.5, 0.6) is 5.75 Å². The average molecular weight is 506 g/mol. The SMILES string of the molecule is O=S(=O)(CC[NH2+]CC[NH+]1CCOCC1)N1CCCC1c1c(O)ccc2ccccc12.[Cl-].[Cl-]. The average Bonchev–Trinajstić information content (AvgIpc) is 3.24. The number of sulfonamides is 1. The molecule has 0 aromatic heterocycles. The van der Waals surface area contributed by atoms with Gasteiger partial charge in [-0.3, -0.25) is 0 Å². The number of nitrogens with two attached hydrogens (primary N) is 1. The molecule has 32 heavy (non-hydrogen) atoms. The molecular weight excluding hydrogens is 473 g/mol. The molecule has 1 atom stereocenters. The molecule has 2 aliphatic rings. The molecule has 10 heteroatoms. The summed E-state index contributed by atoms with van der Waals surface area (Å²) in [5, 5.41) is 14.7. The number of hydrogen-bond donors (Lipinski definition) is 3. The summed E-state index contributed by atoms with van der Waals surface area (Å²) in [4.78, 5) is 1.53. The van der Waals surface area contributed by atoms with Crippen LogP contribution in [0.25, 0.3) is 10.8 Å². The van der Waals surface area contributed by atoms with Gasteiger partial charge in [0.2, 0.25) is 10.0 Å². The molecule has 7 nitrogen and oxygen atoms in total. The van der Waals surface area contributed by atoms with Gasteiger partial charge in [0.05, 0.1) is 25.8 Å². The number of nitrogens with zero attached hydrogens (tertiary/aromatic N) is 1. The first-order valence-corrected chi connectivity index (χ1v) is 12.6. The third-order valence-electron chi connectivity index (χ3n) is 6.32. The van der Waals surface area contributed by atoms with Crippen LogP contribution in [0.1, 0.15) is 24.4 Å². The first-order valence-electron chi connectivity index (χ1n) is 11.0. The molecular formula is C22H33Cl2N3O4S. The summed E-state index contributed by atoms with van der Waals surface area (Å²) >= 11 is 0. The van der Waals surface area contributed by atoms with Gasteiger partial charge < -0.3 is 44.9 Å². The van der Waals surface area contributed by atoms with Crippen molar-refractivity contribution in [2.75, 3.05) is 58.2 Å². The van der Waals surface area contributed by atoms with E-state index in [1.54, 1.807) is 10.4 Å². The number of hydrogen-bond acceptors (Lipinski definition) is 4. The number of quaternary nitrogens is 2. The summed E-state index contributed by atoms with van der Waals surface area (Å²) in [6.45, 7) is 6.77. The van der Waals surface area contributed by atoms with Crippen LogP contribution in [-0.4, -0.2) is 76.1 Å². The topological polar surface area (TPSA) is 87.9 Å². The normalized spacial score (nSPS) is 20.1. The molecule has 0 aliphatic carbocycles. The summed E-state index contributed by atoms with van der Waals surface area (Å²) < 4.78 is 33.3. The van der Waals surface area contributed by atoms with Crippen molar-refractivity contribution in [1.29, 1.82) is 0 Å². The first kappa shape index (κ1) is 27.1. The number of ether oxygens (including phenoxy) is 1. The maximum Gasteiger partial charge on any atom is 0.220 e. The van der Waals surface area contributed by atoms with Crippen molar-refractivity contribution in [3.05, 3.63) is 42.0 Å². The highest BCUT2D eigenvalue weighted by Crippen LogP contribution is 2.42. The zero-order valence-corrected chi connectivity index (χ0v) is 20.5. The van der Waals surface area contributed by atoms with Gasteiger partial charge in [0.15, 0.2) is 0 Å². The fourth-order valence-electron chi connectivity index (χ4n) is 4.71. The van der Waals surface area contributed by atoms with Gasteiger partial charge in [0, 0.05) is 12.1 Å². The second-order valence-electron chi connectivity index (χ2n) is 8.28. The molecule has 2 saturated heterocycles. The van der Waals surface area contributed by atoms with E-state index in [1.165, 1.54) is 4.90 Å². The number of fused-ring (bicyclic) bond motifs is 1. The van der Waals surface area contributed by atoms with Crippen molar-refractivity contribution >= 4 is 20.8 Å². The fraction of sp³-hybridized carbons (Fsp3) is 0.545. The Balaban J connectivity index is 0.00000181. The molecule has 4 rings (SSSR count). The number of benzene rings is 2. The molecule has 180 valence electrons. The van der Waals surface area contributed by atoms with Crippen LogP contribution < -0.4 is 35.0 Å². The molecule has 0 saturated carbocycles. The van der Waals surface area contributed by atoms with Gasteiger partial charge in [-0.05, 0) is 29.7 Å². The van der Waals surface area contributed by atoms with E-state index < -0.39 is 10.0 Å². The Labute approximate surface area is 203 Å². The Bertz CT molecular complexity index is 971. The quantitative estimate of drug-likeness (QED) is 0.311. The number of morpholine rings is 1. The molecule has 0 bridgehead atoms. The first-order chi connectivity index (χ1) is 14.6. The zero-order chi connectivity index (χ0) is 21.0. The minimum atomic E-state index is -3.38. The Morgan fingerprint density at radius 1 is 1.09 bits per heavy atom. The second-order valence-corrected chi connectivity index (χ2v) is 10.3. The maximum absolute atomic E-state index is 13.1. The molecule has 1 unspecified atom stereocenters. The van der Waals surface area contributed by atoms with Gasteiger partial charge in [-0.1, -0.05) is 30.3 Å². The highest BCUT2D eigenvalue weighted by Gasteiger charge is 2.37. The number of halogens is 2. The Kier molecular flexibility index (Phi) is 10.5. The van der Waals surface area contributed by atoms with E-state index in [0.717, 1.165) is 68.6 Å². The number of phenols is 1. The van der Waals surface area contributed by atoms with E-state index in [9.17, 15) is 13.5 Å². The minimum absolute atomic E-state index is 0. The Morgan fingerprint density at radius 2 is 1.84 bits per heavy atom. The van der Waals surface area contributed by atoms with E-state index in [0.29, 0.717) is 13.1 Å². The predicted octanol–water partition coefficient (Wildman–Crippen LogP) is -6.50. The van der Waals surface area contributed by atoms with Gasteiger partial charge >= 0.3 is 0 Å². The molecule has 0 amide bonds. The molecule has 0 radical (unpaired) electrons. The third kappa shape index (κ3) is 6.26. The maximum atomic E-state index is 13.1. The van der Waals surface area contributed by atoms with Gasteiger partial charge in [-0.15, -0.1) is 0 Å². The van der Waals surface area contributed by atoms with Gasteiger partial charge in [-0.25, -0.2) is 8.42 Å². The van der Waals surface area contributed by atoms with Crippen LogP contribution in [0.15, 0.2) is 36.4 Å². The molecule has 4 N–H and O–H groups in total. The predicted molar refractivity (Wildman–Crippen MR) is 116 cm³/mol. The Morgan fingerprint density at radius 3 is 2.62 bits per heavy atom. The highest BCUT2D eigenvalue weighted by molar-refractivity contribution is 7.89. The van der Waals surface area contributed by atoms with Gasteiger partial charge in [0.25, 0.3) is 0 Å². The van der Waals surface area contributed by atoms with Crippen LogP contribution >= 0.6 is 0 Å². The summed E-state index contributed by atoms with van der Waals surface area (Å²) in [5.74, 6) is 0.314. The fourth-order valence-corrected chi connectivity index (χ4v) is 6.41. The standard InChI is InChI=1S/C22H31N3O4S.2ClH/c26-21-8-7-18-4-1-2-5-19(18)22(21)20-6-3-11-25(20)30(27,28)17-10-23-9-12-24-13-15-29-16-14-24;;/h1-2,4-5,7-8,20,23,26H,3,6,9-17H2;2*1H. The Hall–Kier alpha value is -1.13. The molecule has 2 aromatic carbocycles. The van der Waals surface area contributed by atoms with Crippen molar-refractivity contribution in [2.45, 2.75) is 18.9 Å². The summed E-state index contributed by atoms with van der Waals surface area (Å²) in [7, 11) is -3.38. The minimum Gasteiger partial charge on any atom is -1.00 e. The van der Waals surface area contributed by atoms with E-state index in [-0.39, 0.29) is 42.4 Å². The highest BCUT2D eigenvalue weighted by atomic mass is 35.5. The molecule has 2 heterocycles. The lowest BCUT2D eigenvalue weighted by atomic mass is 9.97. The molecule has 2 fully saturated rings. The van der Waals surface area contributed by atoms with Crippen LogP contribution in [0.3, 0.4) is 0 Å². The molecule has 2 aliphatic heterocycles. The number of nitrogens with one attached hydrogen (secondary N) is 1. The van der Waals surface area contributed by atoms with Crippen molar-refractivity contribution < 1.29 is 53.3 Å². The zero-order valence-electron chi connectivity index (χ0n) is 18.2. The van der Waals surface area contributed by atoms with Crippen LogP contribution in [0.2, 0.25) is 0 Å². The van der Waals surface area contributed by atoms with E-state index >= 15 is 0 Å². The summed E-state index contributed by atoms with van der Waals surface area (Å²) in [6.07, 6.45) is 1.56. The van der Waals surface area contributed by atoms with E-state index in [2.05, 4.69) is 5.32 Å². The second kappa shape index (κ2) is 12.4. The smallest absolute Gasteiger partial charge is 0.220 e. The summed E-state index contributed by atoms with van der Waals surface area (Å²) in [5.41, 5.74) is 0.745. The number of aromatic hydroxyl groups is 1. The lowest BCUT2D eigenvalue weighted by Crippen LogP contribution is -3.16. The van der Waals surface area contributed by atoms with Crippen molar-refractivity contribution in [1.82, 2.24) is 4.31 Å². The summed E-state index contributed by atoms with van der Waals surface area (Å²) in [6, 6.07) is 11.1.